The van der Waals surface area contributed by atoms with Gasteiger partial charge in [0.15, 0.2) is 0 Å². The van der Waals surface area contributed by atoms with Gasteiger partial charge in [-0.15, -0.1) is 0 Å². The predicted molar refractivity (Wildman–Crippen MR) is 47.6 cm³/mol. The molecule has 3 rings (SSSR count). The van der Waals surface area contributed by atoms with Crippen molar-refractivity contribution in [1.29, 1.82) is 0 Å². The number of aromatic nitrogens is 1. The smallest absolute Gasteiger partial charge is 0.0543 e. The Bertz CT molecular complexity index is 428. The molecular formula is C10H9N2. The van der Waals surface area contributed by atoms with Crippen LogP contribution in [0.15, 0.2) is 30.6 Å². The zero-order valence-corrected chi connectivity index (χ0v) is 6.62. The SMILES string of the molecule is [CH]1NCc2ccn3cccc1c23. The van der Waals surface area contributed by atoms with Gasteiger partial charge in [-0.25, -0.2) is 0 Å². The van der Waals surface area contributed by atoms with Crippen molar-refractivity contribution in [3.05, 3.63) is 48.3 Å². The summed E-state index contributed by atoms with van der Waals surface area (Å²) >= 11 is 0. The first-order valence-electron chi connectivity index (χ1n) is 4.10. The summed E-state index contributed by atoms with van der Waals surface area (Å²) < 4.78 is 2.17. The van der Waals surface area contributed by atoms with Crippen molar-refractivity contribution in [1.82, 2.24) is 9.72 Å². The van der Waals surface area contributed by atoms with Gasteiger partial charge in [-0.05, 0) is 23.3 Å². The Kier molecular flexibility index (Phi) is 1.10. The van der Waals surface area contributed by atoms with Gasteiger partial charge < -0.3 is 9.72 Å². The van der Waals surface area contributed by atoms with Gasteiger partial charge in [0.2, 0.25) is 0 Å². The summed E-state index contributed by atoms with van der Waals surface area (Å²) in [6.07, 6.45) is 4.19. The van der Waals surface area contributed by atoms with E-state index in [4.69, 9.17) is 0 Å². The summed E-state index contributed by atoms with van der Waals surface area (Å²) in [5.74, 6) is 0. The highest BCUT2D eigenvalue weighted by Crippen LogP contribution is 2.21. The molecule has 1 N–H and O–H groups in total. The van der Waals surface area contributed by atoms with Crippen LogP contribution in [-0.4, -0.2) is 4.40 Å². The van der Waals surface area contributed by atoms with Crippen molar-refractivity contribution in [3.63, 3.8) is 0 Å². The molecule has 2 heteroatoms. The van der Waals surface area contributed by atoms with Gasteiger partial charge in [-0.3, -0.25) is 0 Å². The Balaban J connectivity index is 2.50. The summed E-state index contributed by atoms with van der Waals surface area (Å²) in [6.45, 7) is 3.02. The molecule has 12 heavy (non-hydrogen) atoms. The standard InChI is InChI=1S/C10H9N2/c1-2-8-6-11-7-9-3-5-12(4-1)10(8)9/h1-6,11H,7H2. The Labute approximate surface area is 70.8 Å². The molecule has 2 nitrogen and oxygen atoms in total. The molecule has 0 aliphatic carbocycles. The second-order valence-electron chi connectivity index (χ2n) is 3.09. The molecular weight excluding hydrogens is 148 g/mol. The average Bonchev–Trinajstić information content (AvgIpc) is 2.52. The van der Waals surface area contributed by atoms with Crippen LogP contribution in [0, 0.1) is 6.54 Å². The van der Waals surface area contributed by atoms with Gasteiger partial charge in [-0.2, -0.15) is 0 Å². The van der Waals surface area contributed by atoms with Crippen LogP contribution in [0.1, 0.15) is 11.1 Å². The Morgan fingerprint density at radius 1 is 1.25 bits per heavy atom. The normalized spacial score (nSPS) is 15.3. The fraction of sp³-hybridized carbons (Fsp3) is 0.100. The molecule has 0 fully saturated rings. The Morgan fingerprint density at radius 3 is 3.25 bits per heavy atom. The predicted octanol–water partition coefficient (Wildman–Crippen LogP) is 1.55. The molecule has 0 saturated heterocycles. The van der Waals surface area contributed by atoms with Crippen molar-refractivity contribution in [2.45, 2.75) is 6.54 Å². The van der Waals surface area contributed by atoms with Gasteiger partial charge >= 0.3 is 0 Å². The number of rotatable bonds is 0. The summed E-state index contributed by atoms with van der Waals surface area (Å²) in [7, 11) is 0. The molecule has 1 aliphatic heterocycles. The lowest BCUT2D eigenvalue weighted by molar-refractivity contribution is 0.807. The minimum atomic E-state index is 0.952. The zero-order valence-electron chi connectivity index (χ0n) is 6.62. The van der Waals surface area contributed by atoms with Crippen molar-refractivity contribution in [3.8, 4) is 0 Å². The zero-order chi connectivity index (χ0) is 7.97. The Hall–Kier alpha value is -1.28. The fourth-order valence-electron chi connectivity index (χ4n) is 1.80. The number of nitrogens with one attached hydrogen (secondary N) is 1. The van der Waals surface area contributed by atoms with Crippen molar-refractivity contribution in [2.75, 3.05) is 0 Å². The Morgan fingerprint density at radius 2 is 2.25 bits per heavy atom. The highest BCUT2D eigenvalue weighted by atomic mass is 14.9. The molecule has 0 atom stereocenters. The van der Waals surface area contributed by atoms with Crippen LogP contribution < -0.4 is 5.32 Å². The van der Waals surface area contributed by atoms with Crippen LogP contribution in [-0.2, 0) is 6.54 Å². The van der Waals surface area contributed by atoms with Crippen LogP contribution in [0.2, 0.25) is 0 Å². The summed E-state index contributed by atoms with van der Waals surface area (Å²) in [6, 6.07) is 6.36. The third-order valence-electron chi connectivity index (χ3n) is 2.34. The molecule has 0 unspecified atom stereocenters. The lowest BCUT2D eigenvalue weighted by atomic mass is 10.1. The van der Waals surface area contributed by atoms with Gasteiger partial charge in [0, 0.05) is 18.9 Å². The monoisotopic (exact) mass is 157 g/mol. The van der Waals surface area contributed by atoms with Gasteiger partial charge in [0.05, 0.1) is 12.1 Å². The minimum absolute atomic E-state index is 0.952. The fourth-order valence-corrected chi connectivity index (χ4v) is 1.80. The van der Waals surface area contributed by atoms with Crippen molar-refractivity contribution >= 4 is 5.52 Å². The van der Waals surface area contributed by atoms with Gasteiger partial charge in [0.1, 0.15) is 0 Å². The second-order valence-corrected chi connectivity index (χ2v) is 3.09. The van der Waals surface area contributed by atoms with Gasteiger partial charge in [-0.1, -0.05) is 6.07 Å². The molecule has 2 aromatic heterocycles. The molecule has 3 heterocycles. The van der Waals surface area contributed by atoms with E-state index in [-0.39, 0.29) is 0 Å². The second kappa shape index (κ2) is 2.11. The number of pyridine rings is 1. The quantitative estimate of drug-likeness (QED) is 0.613. The average molecular weight is 157 g/mol. The lowest BCUT2D eigenvalue weighted by Gasteiger charge is -2.13. The maximum Gasteiger partial charge on any atom is 0.0543 e. The molecule has 1 radical (unpaired) electrons. The molecule has 0 saturated carbocycles. The highest BCUT2D eigenvalue weighted by molar-refractivity contribution is 5.65. The van der Waals surface area contributed by atoms with Crippen molar-refractivity contribution < 1.29 is 0 Å². The molecule has 2 aromatic rings. The van der Waals surface area contributed by atoms with E-state index >= 15 is 0 Å². The molecule has 0 spiro atoms. The number of nitrogens with zero attached hydrogens (tertiary/aromatic N) is 1. The van der Waals surface area contributed by atoms with Crippen LogP contribution in [0.5, 0.6) is 0 Å². The lowest BCUT2D eigenvalue weighted by Crippen LogP contribution is -2.15. The number of hydrogen-bond acceptors (Lipinski definition) is 1. The first-order chi connectivity index (χ1) is 5.95. The molecule has 0 aromatic carbocycles. The number of hydrogen-bond donors (Lipinski definition) is 1. The highest BCUT2D eigenvalue weighted by Gasteiger charge is 2.11. The van der Waals surface area contributed by atoms with E-state index in [2.05, 4.69) is 46.9 Å². The van der Waals surface area contributed by atoms with E-state index < -0.39 is 0 Å². The third kappa shape index (κ3) is 0.676. The first-order valence-corrected chi connectivity index (χ1v) is 4.10. The van der Waals surface area contributed by atoms with Crippen LogP contribution in [0.25, 0.3) is 5.52 Å². The maximum atomic E-state index is 3.25. The molecule has 1 aliphatic rings. The van der Waals surface area contributed by atoms with E-state index in [1.807, 2.05) is 0 Å². The third-order valence-corrected chi connectivity index (χ3v) is 2.34. The van der Waals surface area contributed by atoms with E-state index in [0.29, 0.717) is 0 Å². The first kappa shape index (κ1) is 6.26. The summed E-state index contributed by atoms with van der Waals surface area (Å²) in [5, 5.41) is 3.25. The summed E-state index contributed by atoms with van der Waals surface area (Å²) in [4.78, 5) is 0. The van der Waals surface area contributed by atoms with E-state index in [1.165, 1.54) is 16.6 Å². The molecule has 59 valence electrons. The van der Waals surface area contributed by atoms with Crippen molar-refractivity contribution in [2.24, 2.45) is 0 Å². The van der Waals surface area contributed by atoms with E-state index in [1.54, 1.807) is 0 Å². The molecule has 0 amide bonds. The minimum Gasteiger partial charge on any atom is -0.323 e. The summed E-state index contributed by atoms with van der Waals surface area (Å²) in [5.41, 5.74) is 4.01. The topological polar surface area (TPSA) is 16.4 Å². The molecule has 0 bridgehead atoms. The van der Waals surface area contributed by atoms with Crippen LogP contribution >= 0.6 is 0 Å². The van der Waals surface area contributed by atoms with Gasteiger partial charge in [0.25, 0.3) is 0 Å². The van der Waals surface area contributed by atoms with Crippen LogP contribution in [0.4, 0.5) is 0 Å². The largest absolute Gasteiger partial charge is 0.323 e. The van der Waals surface area contributed by atoms with Crippen LogP contribution in [0.3, 0.4) is 0 Å². The maximum absolute atomic E-state index is 3.25. The van der Waals surface area contributed by atoms with E-state index in [9.17, 15) is 0 Å². The van der Waals surface area contributed by atoms with E-state index in [0.717, 1.165) is 6.54 Å².